The molecule has 5 heteroatoms. The third kappa shape index (κ3) is 5.20. The average Bonchev–Trinajstić information content (AvgIpc) is 2.57. The SMILES string of the molecule is S=C(Nc1cccc(Cl)c1)NC1CC[NH+](Cc2ccccc2)CC1. The van der Waals surface area contributed by atoms with Crippen LogP contribution in [-0.2, 0) is 6.54 Å². The number of halogens is 1. The lowest BCUT2D eigenvalue weighted by atomic mass is 10.0. The molecule has 1 saturated heterocycles. The van der Waals surface area contributed by atoms with Crippen LogP contribution in [0.1, 0.15) is 18.4 Å². The maximum absolute atomic E-state index is 6.00. The number of thiocarbonyl (C=S) groups is 1. The van der Waals surface area contributed by atoms with Gasteiger partial charge in [-0.05, 0) is 30.4 Å². The van der Waals surface area contributed by atoms with E-state index in [1.54, 1.807) is 4.90 Å². The average molecular weight is 361 g/mol. The van der Waals surface area contributed by atoms with Gasteiger partial charge in [-0.25, -0.2) is 0 Å². The van der Waals surface area contributed by atoms with E-state index in [0.29, 0.717) is 16.2 Å². The van der Waals surface area contributed by atoms with E-state index in [2.05, 4.69) is 41.0 Å². The zero-order valence-corrected chi connectivity index (χ0v) is 15.2. The molecule has 0 atom stereocenters. The first-order valence-electron chi connectivity index (χ1n) is 8.39. The molecule has 0 amide bonds. The van der Waals surface area contributed by atoms with Crippen molar-refractivity contribution < 1.29 is 4.90 Å². The summed E-state index contributed by atoms with van der Waals surface area (Å²) >= 11 is 11.4. The van der Waals surface area contributed by atoms with E-state index in [-0.39, 0.29) is 0 Å². The molecule has 0 aliphatic carbocycles. The monoisotopic (exact) mass is 360 g/mol. The summed E-state index contributed by atoms with van der Waals surface area (Å²) < 4.78 is 0. The molecule has 126 valence electrons. The van der Waals surface area contributed by atoms with Crippen LogP contribution in [0.15, 0.2) is 54.6 Å². The fourth-order valence-corrected chi connectivity index (χ4v) is 3.63. The van der Waals surface area contributed by atoms with Gasteiger partial charge in [0.15, 0.2) is 5.11 Å². The van der Waals surface area contributed by atoms with Crippen molar-refractivity contribution in [3.63, 3.8) is 0 Å². The maximum atomic E-state index is 6.00. The summed E-state index contributed by atoms with van der Waals surface area (Å²) in [5.41, 5.74) is 2.34. The summed E-state index contributed by atoms with van der Waals surface area (Å²) in [6.07, 6.45) is 2.28. The normalized spacial score (nSPS) is 20.4. The zero-order valence-electron chi connectivity index (χ0n) is 13.6. The highest BCUT2D eigenvalue weighted by atomic mass is 35.5. The third-order valence-electron chi connectivity index (χ3n) is 4.41. The Morgan fingerprint density at radius 3 is 2.54 bits per heavy atom. The van der Waals surface area contributed by atoms with Crippen LogP contribution in [0.25, 0.3) is 0 Å². The fourth-order valence-electron chi connectivity index (χ4n) is 3.15. The molecule has 3 rings (SSSR count). The van der Waals surface area contributed by atoms with Gasteiger partial charge in [-0.15, -0.1) is 0 Å². The van der Waals surface area contributed by atoms with Gasteiger partial charge in [-0.3, -0.25) is 0 Å². The summed E-state index contributed by atoms with van der Waals surface area (Å²) in [5, 5.41) is 8.03. The molecule has 1 aliphatic heterocycles. The van der Waals surface area contributed by atoms with Gasteiger partial charge in [0.05, 0.1) is 13.1 Å². The second-order valence-electron chi connectivity index (χ2n) is 6.30. The van der Waals surface area contributed by atoms with E-state index in [0.717, 1.165) is 25.1 Å². The van der Waals surface area contributed by atoms with Crippen LogP contribution in [-0.4, -0.2) is 24.2 Å². The minimum Gasteiger partial charge on any atom is -0.359 e. The third-order valence-corrected chi connectivity index (χ3v) is 4.86. The number of rotatable bonds is 4. The molecule has 3 nitrogen and oxygen atoms in total. The molecule has 0 unspecified atom stereocenters. The minimum atomic E-state index is 0.448. The first kappa shape index (κ1) is 17.2. The van der Waals surface area contributed by atoms with Crippen LogP contribution in [0, 0.1) is 0 Å². The van der Waals surface area contributed by atoms with Gasteiger partial charge in [0.2, 0.25) is 0 Å². The van der Waals surface area contributed by atoms with Crippen LogP contribution in [0.2, 0.25) is 5.02 Å². The van der Waals surface area contributed by atoms with Crippen LogP contribution in [0.5, 0.6) is 0 Å². The molecule has 0 spiro atoms. The number of quaternary nitrogens is 1. The largest absolute Gasteiger partial charge is 0.359 e. The number of nitrogens with one attached hydrogen (secondary N) is 3. The smallest absolute Gasteiger partial charge is 0.171 e. The van der Waals surface area contributed by atoms with Crippen molar-refractivity contribution >= 4 is 34.6 Å². The van der Waals surface area contributed by atoms with Crippen LogP contribution < -0.4 is 15.5 Å². The second kappa shape index (κ2) is 8.47. The van der Waals surface area contributed by atoms with Crippen molar-refractivity contribution in [2.45, 2.75) is 25.4 Å². The molecule has 2 aromatic rings. The van der Waals surface area contributed by atoms with Crippen molar-refractivity contribution in [1.82, 2.24) is 5.32 Å². The van der Waals surface area contributed by atoms with Crippen LogP contribution in [0.4, 0.5) is 5.69 Å². The fraction of sp³-hybridized carbons (Fsp3) is 0.316. The van der Waals surface area contributed by atoms with Crippen LogP contribution >= 0.6 is 23.8 Å². The lowest BCUT2D eigenvalue weighted by Crippen LogP contribution is -3.12. The lowest BCUT2D eigenvalue weighted by molar-refractivity contribution is -0.918. The number of hydrogen-bond donors (Lipinski definition) is 3. The molecule has 0 saturated carbocycles. The number of anilines is 1. The summed E-state index contributed by atoms with van der Waals surface area (Å²) in [7, 11) is 0. The Bertz CT molecular complexity index is 669. The molecule has 0 aromatic heterocycles. The van der Waals surface area contributed by atoms with E-state index < -0.39 is 0 Å². The van der Waals surface area contributed by atoms with Gasteiger partial charge >= 0.3 is 0 Å². The molecule has 1 fully saturated rings. The zero-order chi connectivity index (χ0) is 16.8. The predicted octanol–water partition coefficient (Wildman–Crippen LogP) is 2.87. The van der Waals surface area contributed by atoms with Crippen molar-refractivity contribution in [3.05, 3.63) is 65.2 Å². The molecular formula is C19H23ClN3S+. The maximum Gasteiger partial charge on any atom is 0.171 e. The molecule has 0 radical (unpaired) electrons. The second-order valence-corrected chi connectivity index (χ2v) is 7.14. The number of benzene rings is 2. The summed E-state index contributed by atoms with van der Waals surface area (Å²) in [6, 6.07) is 18.8. The topological polar surface area (TPSA) is 28.5 Å². The van der Waals surface area contributed by atoms with Gasteiger partial charge in [0, 0.05) is 35.2 Å². The van der Waals surface area contributed by atoms with E-state index in [1.165, 1.54) is 18.7 Å². The molecule has 2 aromatic carbocycles. The summed E-state index contributed by atoms with van der Waals surface area (Å²) in [6.45, 7) is 3.46. The highest BCUT2D eigenvalue weighted by Crippen LogP contribution is 2.14. The van der Waals surface area contributed by atoms with E-state index >= 15 is 0 Å². The van der Waals surface area contributed by atoms with Crippen molar-refractivity contribution in [1.29, 1.82) is 0 Å². The van der Waals surface area contributed by atoms with Gasteiger partial charge in [0.1, 0.15) is 6.54 Å². The van der Waals surface area contributed by atoms with Crippen LogP contribution in [0.3, 0.4) is 0 Å². The molecule has 0 bridgehead atoms. The van der Waals surface area contributed by atoms with Gasteiger partial charge in [-0.2, -0.15) is 0 Å². The standard InChI is InChI=1S/C19H22ClN3S/c20-16-7-4-8-18(13-16)22-19(24)21-17-9-11-23(12-10-17)14-15-5-2-1-3-6-15/h1-8,13,17H,9-12,14H2,(H2,21,22,24)/p+1. The Morgan fingerprint density at radius 2 is 1.83 bits per heavy atom. The summed E-state index contributed by atoms with van der Waals surface area (Å²) in [5.74, 6) is 0. The first-order valence-corrected chi connectivity index (χ1v) is 9.18. The van der Waals surface area contributed by atoms with Crippen molar-refractivity contribution in [3.8, 4) is 0 Å². The van der Waals surface area contributed by atoms with Gasteiger partial charge in [-0.1, -0.05) is 48.0 Å². The van der Waals surface area contributed by atoms with Crippen molar-refractivity contribution in [2.75, 3.05) is 18.4 Å². The van der Waals surface area contributed by atoms with Crippen molar-refractivity contribution in [2.24, 2.45) is 0 Å². The Hall–Kier alpha value is -1.62. The quantitative estimate of drug-likeness (QED) is 0.732. The lowest BCUT2D eigenvalue weighted by Gasteiger charge is -2.30. The highest BCUT2D eigenvalue weighted by molar-refractivity contribution is 7.80. The number of hydrogen-bond acceptors (Lipinski definition) is 1. The molecule has 1 aliphatic rings. The molecule has 3 N–H and O–H groups in total. The first-order chi connectivity index (χ1) is 11.7. The van der Waals surface area contributed by atoms with E-state index in [4.69, 9.17) is 23.8 Å². The Labute approximate surface area is 154 Å². The number of piperidine rings is 1. The van der Waals surface area contributed by atoms with E-state index in [1.807, 2.05) is 24.3 Å². The molecular weight excluding hydrogens is 338 g/mol. The predicted molar refractivity (Wildman–Crippen MR) is 105 cm³/mol. The van der Waals surface area contributed by atoms with E-state index in [9.17, 15) is 0 Å². The Morgan fingerprint density at radius 1 is 1.08 bits per heavy atom. The highest BCUT2D eigenvalue weighted by Gasteiger charge is 2.22. The summed E-state index contributed by atoms with van der Waals surface area (Å²) in [4.78, 5) is 1.65. The number of likely N-dealkylation sites (tertiary alicyclic amines) is 1. The Kier molecular flexibility index (Phi) is 6.07. The molecule has 24 heavy (non-hydrogen) atoms. The minimum absolute atomic E-state index is 0.448. The molecule has 1 heterocycles. The van der Waals surface area contributed by atoms with Gasteiger partial charge in [0.25, 0.3) is 0 Å². The Balaban J connectivity index is 1.42. The van der Waals surface area contributed by atoms with Gasteiger partial charge < -0.3 is 15.5 Å².